The van der Waals surface area contributed by atoms with Crippen LogP contribution in [0.2, 0.25) is 0 Å². The normalized spacial score (nSPS) is 8.11. The molecule has 9 heavy (non-hydrogen) atoms. The van der Waals surface area contributed by atoms with E-state index in [2.05, 4.69) is 15.6 Å². The van der Waals surface area contributed by atoms with Crippen molar-refractivity contribution in [3.8, 4) is 0 Å². The molecule has 0 rings (SSSR count). The molecule has 0 radical (unpaired) electrons. The quantitative estimate of drug-likeness (QED) is 0.383. The number of hydrogen-bond acceptors (Lipinski definition) is 4. The number of carbonyl (C=O) groups excluding carboxylic acids is 2. The fourth-order valence-corrected chi connectivity index (χ4v) is 0.248. The van der Waals surface area contributed by atoms with E-state index >= 15 is 0 Å². The van der Waals surface area contributed by atoms with E-state index in [9.17, 15) is 9.59 Å². The smallest absolute Gasteiger partial charge is 0.422 e. The second kappa shape index (κ2) is 5.04. The zero-order valence-corrected chi connectivity index (χ0v) is 5.01. The zero-order chi connectivity index (χ0) is 7.11. The van der Waals surface area contributed by atoms with Gasteiger partial charge in [0.05, 0.1) is 0 Å². The maximum atomic E-state index is 10.2. The molecule has 0 aliphatic rings. The van der Waals surface area contributed by atoms with Crippen LogP contribution in [0.1, 0.15) is 0 Å². The summed E-state index contributed by atoms with van der Waals surface area (Å²) in [5, 5.41) is 0. The van der Waals surface area contributed by atoms with E-state index in [1.165, 1.54) is 7.05 Å². The maximum absolute atomic E-state index is 10.2. The molecule has 0 atom stereocenters. The average Bonchev–Trinajstić information content (AvgIpc) is 1.85. The van der Waals surface area contributed by atoms with Crippen molar-refractivity contribution in [1.29, 1.82) is 0 Å². The lowest BCUT2D eigenvalue weighted by molar-refractivity contribution is -0.110. The van der Waals surface area contributed by atoms with Gasteiger partial charge in [-0.1, -0.05) is 0 Å². The van der Waals surface area contributed by atoms with Gasteiger partial charge >= 0.3 is 6.09 Å². The van der Waals surface area contributed by atoms with E-state index in [4.69, 9.17) is 0 Å². The highest BCUT2D eigenvalue weighted by Gasteiger charge is 1.94. The molecule has 0 aliphatic carbocycles. The van der Waals surface area contributed by atoms with Crippen LogP contribution in [0.15, 0.2) is 0 Å². The molecule has 5 heteroatoms. The van der Waals surface area contributed by atoms with E-state index in [1.807, 2.05) is 0 Å². The lowest BCUT2D eigenvalue weighted by Gasteiger charge is -1.99. The Hall–Kier alpha value is -1.10. The standard InChI is InChI=1S/C4H8N2O3/c1-5-6-4(8)9-3-2-7/h2,5H,3H2,1H3,(H,6,8). The minimum Gasteiger partial charge on any atom is -0.441 e. The third kappa shape index (κ3) is 4.76. The van der Waals surface area contributed by atoms with Crippen LogP contribution in [0, 0.1) is 0 Å². The van der Waals surface area contributed by atoms with Gasteiger partial charge in [0.2, 0.25) is 0 Å². The first kappa shape index (κ1) is 7.90. The third-order valence-electron chi connectivity index (χ3n) is 0.510. The Bertz CT molecular complexity index is 104. The average molecular weight is 132 g/mol. The SMILES string of the molecule is CNNC(=O)OCC=O. The van der Waals surface area contributed by atoms with Gasteiger partial charge in [-0.15, -0.1) is 0 Å². The lowest BCUT2D eigenvalue weighted by Crippen LogP contribution is -2.34. The summed E-state index contributed by atoms with van der Waals surface area (Å²) in [7, 11) is 1.52. The van der Waals surface area contributed by atoms with Crippen LogP contribution in [0.4, 0.5) is 4.79 Å². The molecule has 0 aromatic rings. The van der Waals surface area contributed by atoms with E-state index in [0.717, 1.165) is 0 Å². The Kier molecular flexibility index (Phi) is 4.43. The van der Waals surface area contributed by atoms with Crippen molar-refractivity contribution in [2.75, 3.05) is 13.7 Å². The Morgan fingerprint density at radius 3 is 2.89 bits per heavy atom. The summed E-state index contributed by atoms with van der Waals surface area (Å²) in [5.41, 5.74) is 4.45. The first-order chi connectivity index (χ1) is 4.31. The Morgan fingerprint density at radius 1 is 1.78 bits per heavy atom. The van der Waals surface area contributed by atoms with E-state index in [0.29, 0.717) is 6.29 Å². The second-order valence-corrected chi connectivity index (χ2v) is 1.14. The van der Waals surface area contributed by atoms with Crippen molar-refractivity contribution in [3.63, 3.8) is 0 Å². The molecule has 52 valence electrons. The van der Waals surface area contributed by atoms with Gasteiger partial charge in [-0.3, -0.25) is 10.2 Å². The van der Waals surface area contributed by atoms with Crippen molar-refractivity contribution in [3.05, 3.63) is 0 Å². The number of ether oxygens (including phenoxy) is 1. The van der Waals surface area contributed by atoms with Gasteiger partial charge in [0, 0.05) is 7.05 Å². The van der Waals surface area contributed by atoms with Gasteiger partial charge < -0.3 is 4.74 Å². The topological polar surface area (TPSA) is 67.4 Å². The van der Waals surface area contributed by atoms with Gasteiger partial charge in [0.25, 0.3) is 0 Å². The molecule has 2 N–H and O–H groups in total. The zero-order valence-electron chi connectivity index (χ0n) is 5.01. The summed E-state index contributed by atoms with van der Waals surface area (Å²) in [6.07, 6.45) is -0.167. The minimum atomic E-state index is -0.662. The molecule has 0 saturated heterocycles. The van der Waals surface area contributed by atoms with E-state index < -0.39 is 6.09 Å². The van der Waals surface area contributed by atoms with Crippen molar-refractivity contribution in [2.24, 2.45) is 0 Å². The molecule has 5 nitrogen and oxygen atoms in total. The summed E-state index contributed by atoms with van der Waals surface area (Å²) in [4.78, 5) is 19.8. The van der Waals surface area contributed by atoms with Crippen LogP contribution in [-0.2, 0) is 9.53 Å². The second-order valence-electron chi connectivity index (χ2n) is 1.14. The summed E-state index contributed by atoms with van der Waals surface area (Å²) in [6.45, 7) is -0.215. The molecule has 0 bridgehead atoms. The van der Waals surface area contributed by atoms with Crippen LogP contribution in [-0.4, -0.2) is 26.0 Å². The van der Waals surface area contributed by atoms with E-state index in [-0.39, 0.29) is 6.61 Å². The van der Waals surface area contributed by atoms with E-state index in [1.54, 1.807) is 0 Å². The predicted octanol–water partition coefficient (Wildman–Crippen LogP) is -0.954. The molecule has 0 aromatic carbocycles. The number of rotatable bonds is 3. The monoisotopic (exact) mass is 132 g/mol. The number of hydrazine groups is 1. The number of aldehydes is 1. The van der Waals surface area contributed by atoms with Gasteiger partial charge in [0.1, 0.15) is 6.61 Å². The molecular weight excluding hydrogens is 124 g/mol. The summed E-state index contributed by atoms with van der Waals surface area (Å²) in [6, 6.07) is 0. The highest BCUT2D eigenvalue weighted by molar-refractivity contribution is 5.68. The third-order valence-corrected chi connectivity index (χ3v) is 0.510. The summed E-state index contributed by atoms with van der Waals surface area (Å²) < 4.78 is 4.25. The van der Waals surface area contributed by atoms with Gasteiger partial charge in [-0.05, 0) is 0 Å². The predicted molar refractivity (Wildman–Crippen MR) is 29.6 cm³/mol. The minimum absolute atomic E-state index is 0.215. The highest BCUT2D eigenvalue weighted by atomic mass is 16.6. The van der Waals surface area contributed by atoms with Crippen molar-refractivity contribution in [1.82, 2.24) is 10.9 Å². The Labute approximate surface area is 52.3 Å². The maximum Gasteiger partial charge on any atom is 0.422 e. The van der Waals surface area contributed by atoms with Crippen LogP contribution in [0.3, 0.4) is 0 Å². The van der Waals surface area contributed by atoms with Gasteiger partial charge in [-0.25, -0.2) is 10.2 Å². The highest BCUT2D eigenvalue weighted by Crippen LogP contribution is 1.69. The number of nitrogens with one attached hydrogen (secondary N) is 2. The van der Waals surface area contributed by atoms with Crippen molar-refractivity contribution in [2.45, 2.75) is 0 Å². The van der Waals surface area contributed by atoms with Crippen LogP contribution in [0.5, 0.6) is 0 Å². The molecule has 0 fully saturated rings. The molecular formula is C4H8N2O3. The molecule has 0 unspecified atom stereocenters. The Balaban J connectivity index is 3.16. The van der Waals surface area contributed by atoms with Crippen LogP contribution in [0.25, 0.3) is 0 Å². The Morgan fingerprint density at radius 2 is 2.44 bits per heavy atom. The fourth-order valence-electron chi connectivity index (χ4n) is 0.248. The van der Waals surface area contributed by atoms with Crippen LogP contribution < -0.4 is 10.9 Å². The molecule has 0 spiro atoms. The molecule has 0 aliphatic heterocycles. The summed E-state index contributed by atoms with van der Waals surface area (Å²) >= 11 is 0. The molecule has 0 heterocycles. The molecule has 1 amide bonds. The summed E-state index contributed by atoms with van der Waals surface area (Å²) in [5.74, 6) is 0. The first-order valence-electron chi connectivity index (χ1n) is 2.34. The molecule has 0 saturated carbocycles. The largest absolute Gasteiger partial charge is 0.441 e. The number of amides is 1. The first-order valence-corrected chi connectivity index (χ1v) is 2.34. The fraction of sp³-hybridized carbons (Fsp3) is 0.500. The number of hydrogen-bond donors (Lipinski definition) is 2. The van der Waals surface area contributed by atoms with Crippen molar-refractivity contribution >= 4 is 12.4 Å². The number of carbonyl (C=O) groups is 2. The lowest BCUT2D eigenvalue weighted by atomic mass is 10.8. The molecule has 0 aromatic heterocycles. The van der Waals surface area contributed by atoms with Crippen LogP contribution >= 0.6 is 0 Å². The van der Waals surface area contributed by atoms with Gasteiger partial charge in [-0.2, -0.15) is 0 Å². The van der Waals surface area contributed by atoms with Crippen molar-refractivity contribution < 1.29 is 14.3 Å². The van der Waals surface area contributed by atoms with Gasteiger partial charge in [0.15, 0.2) is 6.29 Å².